The lowest BCUT2D eigenvalue weighted by Gasteiger charge is -2.25. The fourth-order valence-corrected chi connectivity index (χ4v) is 2.15. The number of carbonyl (C=O) groups is 2. The zero-order chi connectivity index (χ0) is 18.5. The number of benzene rings is 1. The van der Waals surface area contributed by atoms with Crippen LogP contribution in [0, 0.1) is 0 Å². The van der Waals surface area contributed by atoms with Crippen molar-refractivity contribution in [1.82, 2.24) is 10.2 Å². The Morgan fingerprint density at radius 2 is 1.79 bits per heavy atom. The highest BCUT2D eigenvalue weighted by atomic mass is 19.4. The third-order valence-electron chi connectivity index (χ3n) is 3.19. The van der Waals surface area contributed by atoms with Gasteiger partial charge in [-0.1, -0.05) is 18.2 Å². The predicted molar refractivity (Wildman–Crippen MR) is 85.3 cm³/mol. The number of nitrogens with zero attached hydrogens (tertiary/aromatic N) is 1. The van der Waals surface area contributed by atoms with Crippen molar-refractivity contribution >= 4 is 11.8 Å². The van der Waals surface area contributed by atoms with Crippen molar-refractivity contribution in [3.8, 4) is 0 Å². The Morgan fingerprint density at radius 3 is 2.29 bits per heavy atom. The highest BCUT2D eigenvalue weighted by Crippen LogP contribution is 2.29. The first-order valence-electron chi connectivity index (χ1n) is 7.67. The normalized spacial score (nSPS) is 12.0. The Balaban J connectivity index is 2.76. The van der Waals surface area contributed by atoms with Crippen LogP contribution in [0.5, 0.6) is 0 Å². The van der Waals surface area contributed by atoms with Gasteiger partial charge < -0.3 is 10.2 Å². The lowest BCUT2D eigenvalue weighted by atomic mass is 10.1. The SMILES string of the molecule is CCN(CC(=O)NC(C)(C)C)C(=O)Cc1cccc(C(F)(F)F)c1. The molecule has 0 atom stereocenters. The number of hydrogen-bond acceptors (Lipinski definition) is 2. The Labute approximate surface area is 140 Å². The monoisotopic (exact) mass is 344 g/mol. The summed E-state index contributed by atoms with van der Waals surface area (Å²) in [5.74, 6) is -0.692. The molecule has 0 saturated heterocycles. The van der Waals surface area contributed by atoms with Crippen molar-refractivity contribution in [2.75, 3.05) is 13.1 Å². The molecule has 1 rings (SSSR count). The highest BCUT2D eigenvalue weighted by Gasteiger charge is 2.30. The van der Waals surface area contributed by atoms with E-state index in [1.54, 1.807) is 6.92 Å². The molecule has 0 aromatic heterocycles. The summed E-state index contributed by atoms with van der Waals surface area (Å²) in [7, 11) is 0. The molecule has 134 valence electrons. The van der Waals surface area contributed by atoms with Crippen LogP contribution in [0.1, 0.15) is 38.8 Å². The zero-order valence-electron chi connectivity index (χ0n) is 14.3. The minimum atomic E-state index is -4.45. The summed E-state index contributed by atoms with van der Waals surface area (Å²) in [5, 5.41) is 2.75. The molecule has 0 aliphatic carbocycles. The second-order valence-electron chi connectivity index (χ2n) is 6.58. The third kappa shape index (κ3) is 6.60. The molecule has 0 aliphatic heterocycles. The topological polar surface area (TPSA) is 49.4 Å². The number of alkyl halides is 3. The van der Waals surface area contributed by atoms with Gasteiger partial charge in [-0.2, -0.15) is 13.2 Å². The first-order chi connectivity index (χ1) is 10.9. The fourth-order valence-electron chi connectivity index (χ4n) is 2.15. The molecule has 1 aromatic rings. The molecule has 0 fully saturated rings. The van der Waals surface area contributed by atoms with Crippen LogP contribution in [-0.4, -0.2) is 35.3 Å². The van der Waals surface area contributed by atoms with Crippen molar-refractivity contribution < 1.29 is 22.8 Å². The summed E-state index contributed by atoms with van der Waals surface area (Å²) in [4.78, 5) is 25.5. The van der Waals surface area contributed by atoms with E-state index in [9.17, 15) is 22.8 Å². The van der Waals surface area contributed by atoms with Gasteiger partial charge in [0, 0.05) is 12.1 Å². The largest absolute Gasteiger partial charge is 0.416 e. The zero-order valence-corrected chi connectivity index (χ0v) is 14.3. The van der Waals surface area contributed by atoms with Gasteiger partial charge in [-0.25, -0.2) is 0 Å². The van der Waals surface area contributed by atoms with E-state index in [-0.39, 0.29) is 30.3 Å². The van der Waals surface area contributed by atoms with E-state index >= 15 is 0 Å². The molecule has 0 spiro atoms. The van der Waals surface area contributed by atoms with Gasteiger partial charge in [-0.15, -0.1) is 0 Å². The van der Waals surface area contributed by atoms with E-state index in [0.717, 1.165) is 12.1 Å². The first kappa shape index (κ1) is 20.0. The second-order valence-corrected chi connectivity index (χ2v) is 6.58. The van der Waals surface area contributed by atoms with Crippen LogP contribution in [0.2, 0.25) is 0 Å². The molecule has 0 heterocycles. The molecule has 24 heavy (non-hydrogen) atoms. The van der Waals surface area contributed by atoms with E-state index in [1.807, 2.05) is 20.8 Å². The smallest absolute Gasteiger partial charge is 0.350 e. The second kappa shape index (κ2) is 7.68. The van der Waals surface area contributed by atoms with Gasteiger partial charge in [0.1, 0.15) is 0 Å². The number of amides is 2. The number of carbonyl (C=O) groups excluding carboxylic acids is 2. The third-order valence-corrected chi connectivity index (χ3v) is 3.19. The van der Waals surface area contributed by atoms with Crippen molar-refractivity contribution in [3.05, 3.63) is 35.4 Å². The van der Waals surface area contributed by atoms with Crippen LogP contribution in [0.15, 0.2) is 24.3 Å². The van der Waals surface area contributed by atoms with Crippen LogP contribution in [-0.2, 0) is 22.2 Å². The molecule has 2 amide bonds. The van der Waals surface area contributed by atoms with E-state index in [2.05, 4.69) is 5.32 Å². The van der Waals surface area contributed by atoms with Gasteiger partial charge in [0.25, 0.3) is 0 Å². The summed E-state index contributed by atoms with van der Waals surface area (Å²) < 4.78 is 38.1. The lowest BCUT2D eigenvalue weighted by molar-refractivity contribution is -0.138. The van der Waals surface area contributed by atoms with Gasteiger partial charge in [-0.05, 0) is 39.3 Å². The maximum atomic E-state index is 12.7. The van der Waals surface area contributed by atoms with Crippen LogP contribution < -0.4 is 5.32 Å². The summed E-state index contributed by atoms with van der Waals surface area (Å²) in [6.07, 6.45) is -4.63. The summed E-state index contributed by atoms with van der Waals surface area (Å²) in [6.45, 7) is 7.37. The van der Waals surface area contributed by atoms with Crippen molar-refractivity contribution in [2.45, 2.75) is 45.8 Å². The van der Waals surface area contributed by atoms with E-state index in [4.69, 9.17) is 0 Å². The van der Waals surface area contributed by atoms with Gasteiger partial charge in [0.2, 0.25) is 11.8 Å². The molecule has 0 unspecified atom stereocenters. The first-order valence-corrected chi connectivity index (χ1v) is 7.67. The quantitative estimate of drug-likeness (QED) is 0.893. The summed E-state index contributed by atoms with van der Waals surface area (Å²) >= 11 is 0. The molecule has 0 bridgehead atoms. The van der Waals surface area contributed by atoms with Crippen LogP contribution in [0.25, 0.3) is 0 Å². The highest BCUT2D eigenvalue weighted by molar-refractivity contribution is 5.86. The molecular weight excluding hydrogens is 321 g/mol. The molecule has 1 N–H and O–H groups in total. The summed E-state index contributed by atoms with van der Waals surface area (Å²) in [5.41, 5.74) is -0.938. The van der Waals surface area contributed by atoms with Crippen LogP contribution >= 0.6 is 0 Å². The van der Waals surface area contributed by atoms with Crippen LogP contribution in [0.4, 0.5) is 13.2 Å². The predicted octanol–water partition coefficient (Wildman–Crippen LogP) is 3.01. The Morgan fingerprint density at radius 1 is 1.17 bits per heavy atom. The minimum absolute atomic E-state index is 0.119. The number of halogens is 3. The maximum Gasteiger partial charge on any atom is 0.416 e. The Kier molecular flexibility index (Phi) is 6.40. The molecule has 0 radical (unpaired) electrons. The van der Waals surface area contributed by atoms with Gasteiger partial charge in [0.15, 0.2) is 0 Å². The average molecular weight is 344 g/mol. The van der Waals surface area contributed by atoms with Gasteiger partial charge >= 0.3 is 6.18 Å². The van der Waals surface area contributed by atoms with Crippen molar-refractivity contribution in [2.24, 2.45) is 0 Å². The molecular formula is C17H23F3N2O2. The van der Waals surface area contributed by atoms with E-state index in [0.29, 0.717) is 6.54 Å². The Bertz CT molecular complexity index is 592. The minimum Gasteiger partial charge on any atom is -0.350 e. The van der Waals surface area contributed by atoms with E-state index < -0.39 is 17.3 Å². The number of likely N-dealkylation sites (N-methyl/N-ethyl adjacent to an activating group) is 1. The molecule has 1 aromatic carbocycles. The lowest BCUT2D eigenvalue weighted by Crippen LogP contribution is -2.47. The summed E-state index contributed by atoms with van der Waals surface area (Å²) in [6, 6.07) is 4.66. The van der Waals surface area contributed by atoms with Gasteiger partial charge in [-0.3, -0.25) is 9.59 Å². The van der Waals surface area contributed by atoms with Crippen LogP contribution in [0.3, 0.4) is 0 Å². The van der Waals surface area contributed by atoms with Crippen molar-refractivity contribution in [3.63, 3.8) is 0 Å². The van der Waals surface area contributed by atoms with Crippen molar-refractivity contribution in [1.29, 1.82) is 0 Å². The molecule has 7 heteroatoms. The Hall–Kier alpha value is -2.05. The molecule has 0 aliphatic rings. The average Bonchev–Trinajstić information content (AvgIpc) is 2.42. The van der Waals surface area contributed by atoms with E-state index in [1.165, 1.54) is 17.0 Å². The standard InChI is InChI=1S/C17H23F3N2O2/c1-5-22(11-14(23)21-16(2,3)4)15(24)10-12-7-6-8-13(9-12)17(18,19)20/h6-9H,5,10-11H2,1-4H3,(H,21,23). The molecule has 4 nitrogen and oxygen atoms in total. The number of hydrogen-bond donors (Lipinski definition) is 1. The maximum absolute atomic E-state index is 12.7. The van der Waals surface area contributed by atoms with Gasteiger partial charge in [0.05, 0.1) is 18.5 Å². The fraction of sp³-hybridized carbons (Fsp3) is 0.529. The molecule has 0 saturated carbocycles. The number of rotatable bonds is 5. The number of nitrogens with one attached hydrogen (secondary N) is 1.